The molecule has 1 saturated heterocycles. The number of nitrogens with zero attached hydrogens (tertiary/aromatic N) is 2. The van der Waals surface area contributed by atoms with Gasteiger partial charge in [0, 0.05) is 48.2 Å². The van der Waals surface area contributed by atoms with Crippen molar-refractivity contribution in [2.24, 2.45) is 0 Å². The monoisotopic (exact) mass is 412 g/mol. The lowest BCUT2D eigenvalue weighted by atomic mass is 10.1. The quantitative estimate of drug-likeness (QED) is 0.537. The average molecular weight is 412 g/mol. The van der Waals surface area contributed by atoms with Gasteiger partial charge < -0.3 is 15.2 Å². The van der Waals surface area contributed by atoms with Crippen molar-refractivity contribution in [3.05, 3.63) is 78.5 Å². The molecule has 1 aliphatic heterocycles. The number of fused-ring (bicyclic) bond motifs is 2. The number of piperazine rings is 1. The summed E-state index contributed by atoms with van der Waals surface area (Å²) < 4.78 is 0. The van der Waals surface area contributed by atoms with Gasteiger partial charge in [-0.2, -0.15) is 0 Å². The number of rotatable bonds is 4. The molecule has 2 N–H and O–H groups in total. The van der Waals surface area contributed by atoms with E-state index in [0.29, 0.717) is 38.4 Å². The normalized spacial score (nSPS) is 14.8. The van der Waals surface area contributed by atoms with E-state index in [9.17, 15) is 9.59 Å². The lowest BCUT2D eigenvalue weighted by molar-refractivity contribution is -0.117. The highest BCUT2D eigenvalue weighted by molar-refractivity contribution is 6.02. The average Bonchev–Trinajstić information content (AvgIpc) is 3.24. The number of aromatic nitrogens is 1. The molecule has 6 heteroatoms. The molecule has 6 nitrogen and oxygen atoms in total. The van der Waals surface area contributed by atoms with Crippen LogP contribution in [0.2, 0.25) is 0 Å². The first-order chi connectivity index (χ1) is 15.2. The van der Waals surface area contributed by atoms with Crippen molar-refractivity contribution in [1.82, 2.24) is 14.8 Å². The number of carbonyl (C=O) groups is 2. The molecule has 0 atom stereocenters. The molecule has 156 valence electrons. The van der Waals surface area contributed by atoms with E-state index in [4.69, 9.17) is 0 Å². The molecule has 0 saturated carbocycles. The number of anilines is 1. The van der Waals surface area contributed by atoms with Crippen LogP contribution in [-0.4, -0.2) is 59.3 Å². The summed E-state index contributed by atoms with van der Waals surface area (Å²) in [6.07, 6.45) is 0. The summed E-state index contributed by atoms with van der Waals surface area (Å²) in [5, 5.41) is 6.21. The molecule has 0 bridgehead atoms. The van der Waals surface area contributed by atoms with E-state index < -0.39 is 0 Å². The molecule has 1 fully saturated rings. The largest absolute Gasteiger partial charge is 0.351 e. The van der Waals surface area contributed by atoms with Crippen molar-refractivity contribution in [1.29, 1.82) is 0 Å². The predicted molar refractivity (Wildman–Crippen MR) is 123 cm³/mol. The third-order valence-electron chi connectivity index (χ3n) is 5.85. The van der Waals surface area contributed by atoms with E-state index in [1.807, 2.05) is 77.7 Å². The summed E-state index contributed by atoms with van der Waals surface area (Å²) >= 11 is 0. The maximum Gasteiger partial charge on any atom is 0.270 e. The molecular weight excluding hydrogens is 388 g/mol. The summed E-state index contributed by atoms with van der Waals surface area (Å²) in [5.74, 6) is -0.0252. The van der Waals surface area contributed by atoms with Gasteiger partial charge in [0.1, 0.15) is 5.69 Å². The first-order valence-electron chi connectivity index (χ1n) is 10.5. The highest BCUT2D eigenvalue weighted by Gasteiger charge is 2.24. The van der Waals surface area contributed by atoms with Crippen LogP contribution in [0.1, 0.15) is 10.5 Å². The fourth-order valence-corrected chi connectivity index (χ4v) is 4.20. The standard InChI is InChI=1S/C25H24N4O2/c30-24(27-22-11-5-8-18-6-1-3-9-20(18)22)17-28-12-14-29(15-13-28)25(31)23-16-19-7-2-4-10-21(19)26-23/h1-11,16,26H,12-15,17H2,(H,27,30). The van der Waals surface area contributed by atoms with Crippen molar-refractivity contribution in [3.8, 4) is 0 Å². The zero-order chi connectivity index (χ0) is 21.2. The van der Waals surface area contributed by atoms with Crippen LogP contribution in [0.3, 0.4) is 0 Å². The van der Waals surface area contributed by atoms with E-state index in [0.717, 1.165) is 27.4 Å². The highest BCUT2D eigenvalue weighted by atomic mass is 16.2. The van der Waals surface area contributed by atoms with Crippen molar-refractivity contribution in [3.63, 3.8) is 0 Å². The highest BCUT2D eigenvalue weighted by Crippen LogP contribution is 2.23. The third-order valence-corrected chi connectivity index (χ3v) is 5.85. The van der Waals surface area contributed by atoms with Crippen molar-refractivity contribution < 1.29 is 9.59 Å². The van der Waals surface area contributed by atoms with E-state index >= 15 is 0 Å². The van der Waals surface area contributed by atoms with Crippen molar-refractivity contribution >= 4 is 39.2 Å². The summed E-state index contributed by atoms with van der Waals surface area (Å²) in [6.45, 7) is 2.88. The topological polar surface area (TPSA) is 68.4 Å². The third kappa shape index (κ3) is 4.02. The minimum absolute atomic E-state index is 0.0102. The van der Waals surface area contributed by atoms with Gasteiger partial charge in [-0.1, -0.05) is 54.6 Å². The Labute approximate surface area is 180 Å². The van der Waals surface area contributed by atoms with Gasteiger partial charge in [0.15, 0.2) is 0 Å². The van der Waals surface area contributed by atoms with Crippen LogP contribution in [0.25, 0.3) is 21.7 Å². The second-order valence-electron chi connectivity index (χ2n) is 7.91. The fraction of sp³-hybridized carbons (Fsp3) is 0.200. The Morgan fingerprint density at radius 1 is 0.839 bits per heavy atom. The Kier molecular flexibility index (Phi) is 5.14. The lowest BCUT2D eigenvalue weighted by Crippen LogP contribution is -2.50. The first-order valence-corrected chi connectivity index (χ1v) is 10.5. The predicted octanol–water partition coefficient (Wildman–Crippen LogP) is 3.72. The molecule has 5 rings (SSSR count). The minimum Gasteiger partial charge on any atom is -0.351 e. The van der Waals surface area contributed by atoms with Gasteiger partial charge in [-0.25, -0.2) is 0 Å². The molecular formula is C25H24N4O2. The van der Waals surface area contributed by atoms with Crippen LogP contribution >= 0.6 is 0 Å². The van der Waals surface area contributed by atoms with Crippen LogP contribution in [0.15, 0.2) is 72.8 Å². The van der Waals surface area contributed by atoms with E-state index in [2.05, 4.69) is 15.2 Å². The smallest absolute Gasteiger partial charge is 0.270 e. The number of para-hydroxylation sites is 1. The van der Waals surface area contributed by atoms with Gasteiger partial charge in [0.2, 0.25) is 5.91 Å². The molecule has 3 aromatic carbocycles. The van der Waals surface area contributed by atoms with Gasteiger partial charge >= 0.3 is 0 Å². The van der Waals surface area contributed by atoms with Gasteiger partial charge in [-0.3, -0.25) is 14.5 Å². The van der Waals surface area contributed by atoms with E-state index in [1.54, 1.807) is 0 Å². The summed E-state index contributed by atoms with van der Waals surface area (Å²) in [6, 6.07) is 23.7. The molecule has 0 radical (unpaired) electrons. The van der Waals surface area contributed by atoms with Gasteiger partial charge in [-0.15, -0.1) is 0 Å². The number of benzene rings is 3. The number of nitrogens with one attached hydrogen (secondary N) is 2. The Balaban J connectivity index is 1.18. The number of hydrogen-bond donors (Lipinski definition) is 2. The number of amides is 2. The molecule has 2 amide bonds. The Bertz CT molecular complexity index is 1220. The SMILES string of the molecule is O=C(CN1CCN(C(=O)c2cc3ccccc3[nH]2)CC1)Nc1cccc2ccccc12. The van der Waals surface area contributed by atoms with Gasteiger partial charge in [-0.05, 0) is 23.6 Å². The zero-order valence-corrected chi connectivity index (χ0v) is 17.2. The molecule has 4 aromatic rings. The molecule has 0 unspecified atom stereocenters. The van der Waals surface area contributed by atoms with Crippen LogP contribution in [-0.2, 0) is 4.79 Å². The number of carbonyl (C=O) groups excluding carboxylic acids is 2. The number of aromatic amines is 1. The van der Waals surface area contributed by atoms with Crippen LogP contribution < -0.4 is 5.32 Å². The maximum absolute atomic E-state index is 12.9. The number of hydrogen-bond acceptors (Lipinski definition) is 3. The summed E-state index contributed by atoms with van der Waals surface area (Å²) in [4.78, 5) is 32.6. The van der Waals surface area contributed by atoms with Gasteiger partial charge in [0.25, 0.3) is 5.91 Å². The summed E-state index contributed by atoms with van der Waals surface area (Å²) in [7, 11) is 0. The second kappa shape index (κ2) is 8.24. The number of H-pyrrole nitrogens is 1. The molecule has 1 aliphatic rings. The minimum atomic E-state index is -0.0354. The van der Waals surface area contributed by atoms with Crippen LogP contribution in [0.5, 0.6) is 0 Å². The van der Waals surface area contributed by atoms with E-state index in [1.165, 1.54) is 0 Å². The summed E-state index contributed by atoms with van der Waals surface area (Å²) in [5.41, 5.74) is 2.41. The fourth-order valence-electron chi connectivity index (χ4n) is 4.20. The maximum atomic E-state index is 12.9. The first kappa shape index (κ1) is 19.3. The van der Waals surface area contributed by atoms with Crippen molar-refractivity contribution in [2.75, 3.05) is 38.0 Å². The van der Waals surface area contributed by atoms with Crippen LogP contribution in [0.4, 0.5) is 5.69 Å². The second-order valence-corrected chi connectivity index (χ2v) is 7.91. The molecule has 31 heavy (non-hydrogen) atoms. The van der Waals surface area contributed by atoms with E-state index in [-0.39, 0.29) is 11.8 Å². The molecule has 2 heterocycles. The Morgan fingerprint density at radius 3 is 2.35 bits per heavy atom. The van der Waals surface area contributed by atoms with Gasteiger partial charge in [0.05, 0.1) is 6.54 Å². The Morgan fingerprint density at radius 2 is 1.55 bits per heavy atom. The zero-order valence-electron chi connectivity index (χ0n) is 17.2. The molecule has 1 aromatic heterocycles. The Hall–Kier alpha value is -3.64. The lowest BCUT2D eigenvalue weighted by Gasteiger charge is -2.34. The van der Waals surface area contributed by atoms with Crippen LogP contribution in [0, 0.1) is 0 Å². The molecule has 0 spiro atoms. The molecule has 0 aliphatic carbocycles. The van der Waals surface area contributed by atoms with Crippen molar-refractivity contribution in [2.45, 2.75) is 0 Å².